The Hall–Kier alpha value is -2.18. The molecule has 0 fully saturated rings. The van der Waals surface area contributed by atoms with E-state index < -0.39 is 7.12 Å². The van der Waals surface area contributed by atoms with Crippen LogP contribution in [0.15, 0.2) is 36.7 Å². The summed E-state index contributed by atoms with van der Waals surface area (Å²) < 4.78 is 5.62. The van der Waals surface area contributed by atoms with Crippen molar-refractivity contribution < 1.29 is 14.5 Å². The van der Waals surface area contributed by atoms with Crippen molar-refractivity contribution in [3.8, 4) is 5.75 Å². The van der Waals surface area contributed by atoms with Gasteiger partial charge < -0.3 is 15.4 Å². The topological polar surface area (TPSA) is 85.4 Å². The fourth-order valence-corrected chi connectivity index (χ4v) is 2.92. The first kappa shape index (κ1) is 15.7. The molecule has 2 heterocycles. The van der Waals surface area contributed by atoms with E-state index in [-0.39, 0.29) is 18.0 Å². The van der Waals surface area contributed by atoms with Crippen LogP contribution < -0.4 is 10.4 Å². The quantitative estimate of drug-likeness (QED) is 0.665. The summed E-state index contributed by atoms with van der Waals surface area (Å²) in [5.74, 6) is 0.408. The second kappa shape index (κ2) is 6.52. The maximum absolute atomic E-state index is 12.5. The lowest BCUT2D eigenvalue weighted by Crippen LogP contribution is -2.35. The Morgan fingerprint density at radius 2 is 2.30 bits per heavy atom. The van der Waals surface area contributed by atoms with E-state index in [9.17, 15) is 9.82 Å². The van der Waals surface area contributed by atoms with E-state index in [4.69, 9.17) is 10.4 Å². The molecule has 6 heteroatoms. The Bertz CT molecular complexity index is 736. The van der Waals surface area contributed by atoms with Gasteiger partial charge in [0.15, 0.2) is 5.78 Å². The third kappa shape index (κ3) is 3.28. The van der Waals surface area contributed by atoms with Crippen LogP contribution in [0.5, 0.6) is 5.75 Å². The zero-order valence-electron chi connectivity index (χ0n) is 13.0. The zero-order chi connectivity index (χ0) is 16.4. The maximum Gasteiger partial charge on any atom is 0.526 e. The number of aromatic nitrogens is 1. The lowest BCUT2D eigenvalue weighted by molar-refractivity contribution is 0.0974. The fourth-order valence-electron chi connectivity index (χ4n) is 2.92. The number of nitrogens with two attached hydrogens (primary N) is 1. The van der Waals surface area contributed by atoms with Gasteiger partial charge in [-0.05, 0) is 36.1 Å². The van der Waals surface area contributed by atoms with Crippen LogP contribution in [0, 0.1) is 6.92 Å². The van der Waals surface area contributed by atoms with Crippen molar-refractivity contribution in [3.05, 3.63) is 58.9 Å². The summed E-state index contributed by atoms with van der Waals surface area (Å²) in [6, 6.07) is 7.63. The average Bonchev–Trinajstić information content (AvgIpc) is 2.56. The molecule has 23 heavy (non-hydrogen) atoms. The first-order valence-electron chi connectivity index (χ1n) is 7.69. The molecule has 1 aliphatic heterocycles. The van der Waals surface area contributed by atoms with Gasteiger partial charge in [0.25, 0.3) is 0 Å². The molecular weight excluding hydrogens is 291 g/mol. The highest BCUT2D eigenvalue weighted by Crippen LogP contribution is 2.36. The number of Topliss-reactive ketones (excluding diaryl/α,β-unsaturated/α-hetero) is 1. The van der Waals surface area contributed by atoms with Crippen molar-refractivity contribution in [2.24, 2.45) is 5.73 Å². The highest BCUT2D eigenvalue weighted by molar-refractivity contribution is 6.47. The molecule has 5 nitrogen and oxygen atoms in total. The highest BCUT2D eigenvalue weighted by atomic mass is 16.5. The first-order valence-corrected chi connectivity index (χ1v) is 7.69. The summed E-state index contributed by atoms with van der Waals surface area (Å²) in [4.78, 5) is 16.5. The molecule has 0 aliphatic carbocycles. The SMILES string of the molecule is Cc1cccc2c1OB(O)C(CC(=O)c1cncc(CN)c1)C2. The van der Waals surface area contributed by atoms with Crippen molar-refractivity contribution in [1.29, 1.82) is 0 Å². The van der Waals surface area contributed by atoms with E-state index in [0.29, 0.717) is 18.5 Å². The summed E-state index contributed by atoms with van der Waals surface area (Å²) in [5.41, 5.74) is 8.94. The predicted molar refractivity (Wildman–Crippen MR) is 88.3 cm³/mol. The van der Waals surface area contributed by atoms with Gasteiger partial charge in [0.05, 0.1) is 0 Å². The predicted octanol–water partition coefficient (Wildman–Crippen LogP) is 1.91. The van der Waals surface area contributed by atoms with Gasteiger partial charge in [0.2, 0.25) is 0 Å². The molecule has 0 saturated heterocycles. The lowest BCUT2D eigenvalue weighted by atomic mass is 9.64. The normalized spacial score (nSPS) is 16.7. The Balaban J connectivity index is 1.76. The summed E-state index contributed by atoms with van der Waals surface area (Å²) in [6.45, 7) is 2.29. The number of hydrogen-bond donors (Lipinski definition) is 2. The Kier molecular flexibility index (Phi) is 4.45. The van der Waals surface area contributed by atoms with Crippen molar-refractivity contribution in [3.63, 3.8) is 0 Å². The van der Waals surface area contributed by atoms with Crippen LogP contribution >= 0.6 is 0 Å². The van der Waals surface area contributed by atoms with Gasteiger partial charge >= 0.3 is 7.12 Å². The lowest BCUT2D eigenvalue weighted by Gasteiger charge is -2.28. The second-order valence-corrected chi connectivity index (χ2v) is 5.95. The molecule has 1 aromatic carbocycles. The van der Waals surface area contributed by atoms with E-state index in [0.717, 1.165) is 22.4 Å². The molecule has 0 radical (unpaired) electrons. The van der Waals surface area contributed by atoms with Gasteiger partial charge in [-0.15, -0.1) is 0 Å². The number of rotatable bonds is 4. The minimum absolute atomic E-state index is 0.0587. The van der Waals surface area contributed by atoms with Crippen molar-refractivity contribution in [2.45, 2.75) is 32.1 Å². The molecule has 3 N–H and O–H groups in total. The van der Waals surface area contributed by atoms with Crippen LogP contribution in [-0.2, 0) is 13.0 Å². The van der Waals surface area contributed by atoms with E-state index in [1.54, 1.807) is 12.3 Å². The third-order valence-corrected chi connectivity index (χ3v) is 4.22. The van der Waals surface area contributed by atoms with Crippen molar-refractivity contribution >= 4 is 12.9 Å². The molecule has 3 rings (SSSR count). The summed E-state index contributed by atoms with van der Waals surface area (Å²) in [7, 11) is -0.974. The summed E-state index contributed by atoms with van der Waals surface area (Å²) in [5, 5.41) is 10.2. The van der Waals surface area contributed by atoms with E-state index in [2.05, 4.69) is 4.98 Å². The molecular formula is C17H19BN2O3. The second-order valence-electron chi connectivity index (χ2n) is 5.95. The number of aryl methyl sites for hydroxylation is 1. The highest BCUT2D eigenvalue weighted by Gasteiger charge is 2.36. The Labute approximate surface area is 135 Å². The average molecular weight is 310 g/mol. The largest absolute Gasteiger partial charge is 0.536 e. The molecule has 0 amide bonds. The smallest absolute Gasteiger partial charge is 0.526 e. The monoisotopic (exact) mass is 310 g/mol. The number of pyridine rings is 1. The molecule has 1 atom stereocenters. The number of carbonyl (C=O) groups is 1. The van der Waals surface area contributed by atoms with Crippen LogP contribution in [0.3, 0.4) is 0 Å². The van der Waals surface area contributed by atoms with Crippen LogP contribution in [0.2, 0.25) is 5.82 Å². The number of para-hydroxylation sites is 1. The van der Waals surface area contributed by atoms with Gasteiger partial charge in [-0.1, -0.05) is 18.2 Å². The number of hydrogen-bond acceptors (Lipinski definition) is 5. The van der Waals surface area contributed by atoms with Crippen LogP contribution in [0.25, 0.3) is 0 Å². The van der Waals surface area contributed by atoms with Crippen molar-refractivity contribution in [1.82, 2.24) is 4.98 Å². The van der Waals surface area contributed by atoms with E-state index >= 15 is 0 Å². The van der Waals surface area contributed by atoms with Crippen LogP contribution in [-0.4, -0.2) is 22.9 Å². The minimum Gasteiger partial charge on any atom is -0.536 e. The molecule has 1 aromatic heterocycles. The van der Waals surface area contributed by atoms with Crippen LogP contribution in [0.1, 0.15) is 33.5 Å². The third-order valence-electron chi connectivity index (χ3n) is 4.22. The first-order chi connectivity index (χ1) is 11.1. The summed E-state index contributed by atoms with van der Waals surface area (Å²) in [6.07, 6.45) is 4.02. The maximum atomic E-state index is 12.5. The molecule has 0 spiro atoms. The standard InChI is InChI=1S/C17H19BN2O3/c1-11-3-2-4-13-6-15(18(22)23-17(11)13)7-16(21)14-5-12(8-19)9-20-10-14/h2-5,9-10,15,22H,6-8,19H2,1H3. The summed E-state index contributed by atoms with van der Waals surface area (Å²) >= 11 is 0. The Morgan fingerprint density at radius 1 is 1.48 bits per heavy atom. The fraction of sp³-hybridized carbons (Fsp3) is 0.294. The molecule has 2 aromatic rings. The van der Waals surface area contributed by atoms with Gasteiger partial charge in [0, 0.05) is 36.7 Å². The molecule has 1 aliphatic rings. The number of benzene rings is 1. The van der Waals surface area contributed by atoms with Gasteiger partial charge in [-0.3, -0.25) is 9.78 Å². The van der Waals surface area contributed by atoms with E-state index in [1.807, 2.05) is 25.1 Å². The zero-order valence-corrected chi connectivity index (χ0v) is 13.0. The molecule has 1 unspecified atom stereocenters. The Morgan fingerprint density at radius 3 is 3.09 bits per heavy atom. The number of ketones is 1. The van der Waals surface area contributed by atoms with E-state index in [1.165, 1.54) is 6.20 Å². The molecule has 118 valence electrons. The van der Waals surface area contributed by atoms with Crippen LogP contribution in [0.4, 0.5) is 0 Å². The van der Waals surface area contributed by atoms with Gasteiger partial charge in [0.1, 0.15) is 5.75 Å². The number of fused-ring (bicyclic) bond motifs is 1. The van der Waals surface area contributed by atoms with Gasteiger partial charge in [-0.25, -0.2) is 0 Å². The van der Waals surface area contributed by atoms with Crippen molar-refractivity contribution in [2.75, 3.05) is 0 Å². The minimum atomic E-state index is -0.974. The molecule has 0 saturated carbocycles. The molecule has 0 bridgehead atoms. The van der Waals surface area contributed by atoms with Gasteiger partial charge in [-0.2, -0.15) is 0 Å². The number of nitrogens with zero attached hydrogens (tertiary/aromatic N) is 1. The number of carbonyl (C=O) groups excluding carboxylic acids is 1.